The molecule has 0 heterocycles. The molecule has 0 radical (unpaired) electrons. The second-order valence-corrected chi connectivity index (χ2v) is 5.64. The van der Waals surface area contributed by atoms with Crippen molar-refractivity contribution >= 4 is 23.2 Å². The van der Waals surface area contributed by atoms with E-state index in [1.807, 2.05) is 20.8 Å². The Hall–Kier alpha value is -1.88. The minimum Gasteiger partial charge on any atom is -0.328 e. The van der Waals surface area contributed by atoms with Gasteiger partial charge in [-0.2, -0.15) is 0 Å². The standard InChI is InChI=1S/C16H25N3O2/c1-11(2)16(21)19-14-8-5-7-13(10-14)18-15(20)9-4-6-12(3)17/h5,7-8,10-12H,4,6,9,17H2,1-3H3,(H,18,20)(H,19,21). The van der Waals surface area contributed by atoms with E-state index in [1.165, 1.54) is 0 Å². The molecular formula is C16H25N3O2. The summed E-state index contributed by atoms with van der Waals surface area (Å²) < 4.78 is 0. The normalized spacial score (nSPS) is 12.0. The van der Waals surface area contributed by atoms with Crippen molar-refractivity contribution in [1.29, 1.82) is 0 Å². The highest BCUT2D eigenvalue weighted by Crippen LogP contribution is 2.16. The number of carbonyl (C=O) groups is 2. The van der Waals surface area contributed by atoms with Gasteiger partial charge in [0, 0.05) is 29.8 Å². The second kappa shape index (κ2) is 8.42. The van der Waals surface area contributed by atoms with E-state index >= 15 is 0 Å². The van der Waals surface area contributed by atoms with Crippen molar-refractivity contribution in [2.45, 2.75) is 46.1 Å². The van der Waals surface area contributed by atoms with Crippen LogP contribution in [0, 0.1) is 5.92 Å². The Balaban J connectivity index is 2.52. The molecule has 0 saturated carbocycles. The third-order valence-corrected chi connectivity index (χ3v) is 3.00. The Kier molecular flexibility index (Phi) is 6.88. The summed E-state index contributed by atoms with van der Waals surface area (Å²) in [5.74, 6) is -0.167. The first-order valence-corrected chi connectivity index (χ1v) is 7.35. The van der Waals surface area contributed by atoms with Crippen LogP contribution in [0.25, 0.3) is 0 Å². The summed E-state index contributed by atoms with van der Waals surface area (Å²) in [6, 6.07) is 7.27. The molecule has 0 saturated heterocycles. The van der Waals surface area contributed by atoms with Crippen molar-refractivity contribution in [2.75, 3.05) is 10.6 Å². The molecule has 0 aliphatic rings. The zero-order valence-electron chi connectivity index (χ0n) is 13.0. The van der Waals surface area contributed by atoms with Gasteiger partial charge in [-0.3, -0.25) is 9.59 Å². The lowest BCUT2D eigenvalue weighted by atomic mass is 10.1. The van der Waals surface area contributed by atoms with E-state index in [0.29, 0.717) is 17.8 Å². The van der Waals surface area contributed by atoms with Crippen molar-refractivity contribution in [3.05, 3.63) is 24.3 Å². The van der Waals surface area contributed by atoms with Crippen LogP contribution in [0.4, 0.5) is 11.4 Å². The highest BCUT2D eigenvalue weighted by atomic mass is 16.2. The Morgan fingerprint density at radius 2 is 1.76 bits per heavy atom. The topological polar surface area (TPSA) is 84.2 Å². The van der Waals surface area contributed by atoms with Crippen molar-refractivity contribution in [3.8, 4) is 0 Å². The highest BCUT2D eigenvalue weighted by molar-refractivity contribution is 5.94. The molecule has 1 rings (SSSR count). The van der Waals surface area contributed by atoms with Gasteiger partial charge >= 0.3 is 0 Å². The van der Waals surface area contributed by atoms with Crippen molar-refractivity contribution in [3.63, 3.8) is 0 Å². The number of hydrogen-bond acceptors (Lipinski definition) is 3. The molecule has 0 fully saturated rings. The van der Waals surface area contributed by atoms with Gasteiger partial charge in [0.25, 0.3) is 0 Å². The maximum absolute atomic E-state index is 11.8. The number of amides is 2. The van der Waals surface area contributed by atoms with E-state index in [1.54, 1.807) is 24.3 Å². The fourth-order valence-corrected chi connectivity index (χ4v) is 1.77. The first kappa shape index (κ1) is 17.2. The molecule has 0 aliphatic heterocycles. The summed E-state index contributed by atoms with van der Waals surface area (Å²) >= 11 is 0. The fourth-order valence-electron chi connectivity index (χ4n) is 1.77. The number of carbonyl (C=O) groups excluding carboxylic acids is 2. The number of rotatable bonds is 7. The van der Waals surface area contributed by atoms with Gasteiger partial charge in [-0.05, 0) is 38.0 Å². The third kappa shape index (κ3) is 6.90. The molecule has 5 nitrogen and oxygen atoms in total. The predicted molar refractivity (Wildman–Crippen MR) is 86.0 cm³/mol. The zero-order valence-corrected chi connectivity index (χ0v) is 13.0. The van der Waals surface area contributed by atoms with Crippen LogP contribution in [0.3, 0.4) is 0 Å². The SMILES string of the molecule is CC(N)CCCC(=O)Nc1cccc(NC(=O)C(C)C)c1. The van der Waals surface area contributed by atoms with Gasteiger partial charge < -0.3 is 16.4 Å². The Morgan fingerprint density at radius 1 is 1.14 bits per heavy atom. The molecule has 1 atom stereocenters. The average molecular weight is 291 g/mol. The zero-order chi connectivity index (χ0) is 15.8. The molecule has 0 bridgehead atoms. The van der Waals surface area contributed by atoms with Crippen LogP contribution in [0.2, 0.25) is 0 Å². The smallest absolute Gasteiger partial charge is 0.226 e. The summed E-state index contributed by atoms with van der Waals surface area (Å²) in [7, 11) is 0. The van der Waals surface area contributed by atoms with Gasteiger partial charge in [0.15, 0.2) is 0 Å². The summed E-state index contributed by atoms with van der Waals surface area (Å²) in [6.07, 6.45) is 2.05. The molecule has 5 heteroatoms. The van der Waals surface area contributed by atoms with E-state index in [2.05, 4.69) is 10.6 Å². The third-order valence-electron chi connectivity index (χ3n) is 3.00. The molecule has 1 aromatic rings. The summed E-state index contributed by atoms with van der Waals surface area (Å²) in [5.41, 5.74) is 7.02. The Bertz CT molecular complexity index is 484. The molecule has 0 aromatic heterocycles. The lowest BCUT2D eigenvalue weighted by molar-refractivity contribution is -0.119. The van der Waals surface area contributed by atoms with Gasteiger partial charge in [-0.1, -0.05) is 19.9 Å². The van der Waals surface area contributed by atoms with Gasteiger partial charge in [-0.25, -0.2) is 0 Å². The lowest BCUT2D eigenvalue weighted by Gasteiger charge is -2.10. The molecule has 1 unspecified atom stereocenters. The van der Waals surface area contributed by atoms with Crippen molar-refractivity contribution in [1.82, 2.24) is 0 Å². The maximum Gasteiger partial charge on any atom is 0.226 e. The van der Waals surface area contributed by atoms with Crippen LogP contribution in [-0.2, 0) is 9.59 Å². The van der Waals surface area contributed by atoms with E-state index in [9.17, 15) is 9.59 Å². The molecule has 0 spiro atoms. The van der Waals surface area contributed by atoms with E-state index in [-0.39, 0.29) is 23.8 Å². The molecule has 116 valence electrons. The molecular weight excluding hydrogens is 266 g/mol. The summed E-state index contributed by atoms with van der Waals surface area (Å²) in [4.78, 5) is 23.4. The largest absolute Gasteiger partial charge is 0.328 e. The summed E-state index contributed by atoms with van der Waals surface area (Å²) in [5, 5.41) is 5.63. The van der Waals surface area contributed by atoms with E-state index in [4.69, 9.17) is 5.73 Å². The van der Waals surface area contributed by atoms with Crippen LogP contribution < -0.4 is 16.4 Å². The number of hydrogen-bond donors (Lipinski definition) is 3. The second-order valence-electron chi connectivity index (χ2n) is 5.64. The van der Waals surface area contributed by atoms with Gasteiger partial charge in [-0.15, -0.1) is 0 Å². The van der Waals surface area contributed by atoms with Crippen LogP contribution >= 0.6 is 0 Å². The van der Waals surface area contributed by atoms with Crippen LogP contribution in [-0.4, -0.2) is 17.9 Å². The molecule has 0 aliphatic carbocycles. The average Bonchev–Trinajstić information content (AvgIpc) is 2.38. The first-order valence-electron chi connectivity index (χ1n) is 7.35. The maximum atomic E-state index is 11.8. The van der Waals surface area contributed by atoms with Gasteiger partial charge in [0.1, 0.15) is 0 Å². The minimum atomic E-state index is -0.0819. The lowest BCUT2D eigenvalue weighted by Crippen LogP contribution is -2.18. The van der Waals surface area contributed by atoms with Gasteiger partial charge in [0.2, 0.25) is 11.8 Å². The first-order chi connectivity index (χ1) is 9.88. The highest BCUT2D eigenvalue weighted by Gasteiger charge is 2.08. The van der Waals surface area contributed by atoms with Crippen LogP contribution in [0.1, 0.15) is 40.0 Å². The Labute approximate surface area is 126 Å². The van der Waals surface area contributed by atoms with Crippen LogP contribution in [0.5, 0.6) is 0 Å². The predicted octanol–water partition coefficient (Wildman–Crippen LogP) is 2.74. The van der Waals surface area contributed by atoms with Crippen molar-refractivity contribution < 1.29 is 9.59 Å². The van der Waals surface area contributed by atoms with E-state index in [0.717, 1.165) is 12.8 Å². The molecule has 21 heavy (non-hydrogen) atoms. The van der Waals surface area contributed by atoms with Crippen molar-refractivity contribution in [2.24, 2.45) is 11.7 Å². The molecule has 2 amide bonds. The number of anilines is 2. The summed E-state index contributed by atoms with van der Waals surface area (Å²) in [6.45, 7) is 5.59. The van der Waals surface area contributed by atoms with Crippen LogP contribution in [0.15, 0.2) is 24.3 Å². The van der Waals surface area contributed by atoms with Gasteiger partial charge in [0.05, 0.1) is 0 Å². The number of nitrogens with two attached hydrogens (primary N) is 1. The molecule has 4 N–H and O–H groups in total. The quantitative estimate of drug-likeness (QED) is 0.722. The molecule has 1 aromatic carbocycles. The number of nitrogens with one attached hydrogen (secondary N) is 2. The Morgan fingerprint density at radius 3 is 2.33 bits per heavy atom. The fraction of sp³-hybridized carbons (Fsp3) is 0.500. The van der Waals surface area contributed by atoms with E-state index < -0.39 is 0 Å². The monoisotopic (exact) mass is 291 g/mol. The minimum absolute atomic E-state index is 0.0389. The number of benzene rings is 1.